The van der Waals surface area contributed by atoms with E-state index >= 15 is 0 Å². The highest BCUT2D eigenvalue weighted by Crippen LogP contribution is 2.28. The molecule has 0 bridgehead atoms. The molecule has 0 aliphatic heterocycles. The number of halogens is 1. The zero-order valence-electron chi connectivity index (χ0n) is 11.9. The van der Waals surface area contributed by atoms with E-state index in [1.807, 2.05) is 63.2 Å². The van der Waals surface area contributed by atoms with E-state index in [-0.39, 0.29) is 5.91 Å². The quantitative estimate of drug-likeness (QED) is 0.828. The minimum atomic E-state index is -0.435. The van der Waals surface area contributed by atoms with Crippen molar-refractivity contribution in [1.29, 1.82) is 0 Å². The molecule has 0 unspecified atom stereocenters. The molecule has 2 nitrogen and oxygen atoms in total. The molecule has 1 N–H and O–H groups in total. The molecule has 0 saturated heterocycles. The van der Waals surface area contributed by atoms with Gasteiger partial charge in [-0.05, 0) is 29.3 Å². The van der Waals surface area contributed by atoms with Gasteiger partial charge in [0.15, 0.2) is 0 Å². The number of hydrogen-bond donors (Lipinski definition) is 1. The molecule has 104 valence electrons. The van der Waals surface area contributed by atoms with E-state index in [9.17, 15) is 4.79 Å². The first-order chi connectivity index (χ1) is 9.36. The Hall–Kier alpha value is -1.80. The van der Waals surface area contributed by atoms with Gasteiger partial charge in [0.1, 0.15) is 0 Å². The maximum Gasteiger partial charge on any atom is 0.229 e. The first-order valence-corrected chi connectivity index (χ1v) is 6.91. The lowest BCUT2D eigenvalue weighted by atomic mass is 9.95. The third-order valence-electron chi connectivity index (χ3n) is 2.94. The summed E-state index contributed by atoms with van der Waals surface area (Å²) in [7, 11) is 0. The van der Waals surface area contributed by atoms with E-state index in [0.29, 0.717) is 5.02 Å². The van der Waals surface area contributed by atoms with Gasteiger partial charge in [0.25, 0.3) is 0 Å². The molecule has 0 aliphatic rings. The van der Waals surface area contributed by atoms with E-state index in [4.69, 9.17) is 11.6 Å². The Balaban J connectivity index is 2.33. The van der Waals surface area contributed by atoms with Gasteiger partial charge in [0, 0.05) is 16.1 Å². The highest BCUT2D eigenvalue weighted by molar-refractivity contribution is 6.31. The molecule has 1 amide bonds. The van der Waals surface area contributed by atoms with Gasteiger partial charge in [-0.1, -0.05) is 62.7 Å². The van der Waals surface area contributed by atoms with Gasteiger partial charge < -0.3 is 5.32 Å². The van der Waals surface area contributed by atoms with Gasteiger partial charge in [-0.15, -0.1) is 0 Å². The van der Waals surface area contributed by atoms with Gasteiger partial charge in [0.2, 0.25) is 5.91 Å². The van der Waals surface area contributed by atoms with Gasteiger partial charge in [-0.3, -0.25) is 4.79 Å². The Labute approximate surface area is 124 Å². The predicted octanol–water partition coefficient (Wildman–Crippen LogP) is 4.99. The maximum absolute atomic E-state index is 12.0. The fraction of sp³-hybridized carbons (Fsp3) is 0.235. The highest BCUT2D eigenvalue weighted by atomic mass is 35.5. The van der Waals surface area contributed by atoms with Crippen molar-refractivity contribution in [2.24, 2.45) is 5.41 Å². The fourth-order valence-corrected chi connectivity index (χ4v) is 2.01. The summed E-state index contributed by atoms with van der Waals surface area (Å²) < 4.78 is 0. The minimum Gasteiger partial charge on any atom is -0.326 e. The van der Waals surface area contributed by atoms with E-state index in [1.165, 1.54) is 0 Å². The molecule has 0 aliphatic carbocycles. The van der Waals surface area contributed by atoms with Crippen LogP contribution in [0.3, 0.4) is 0 Å². The first kappa shape index (κ1) is 14.6. The highest BCUT2D eigenvalue weighted by Gasteiger charge is 2.21. The van der Waals surface area contributed by atoms with Crippen molar-refractivity contribution in [3.05, 3.63) is 53.6 Å². The molecule has 0 radical (unpaired) electrons. The van der Waals surface area contributed by atoms with E-state index in [2.05, 4.69) is 5.32 Å². The summed E-state index contributed by atoms with van der Waals surface area (Å²) >= 11 is 6.15. The number of hydrogen-bond acceptors (Lipinski definition) is 1. The van der Waals surface area contributed by atoms with Crippen LogP contribution in [-0.4, -0.2) is 5.91 Å². The number of rotatable bonds is 2. The van der Waals surface area contributed by atoms with Crippen LogP contribution >= 0.6 is 11.6 Å². The summed E-state index contributed by atoms with van der Waals surface area (Å²) in [6.45, 7) is 5.64. The minimum absolute atomic E-state index is 0.0289. The number of nitrogens with one attached hydrogen (secondary N) is 1. The third kappa shape index (κ3) is 3.61. The zero-order chi connectivity index (χ0) is 14.8. The Morgan fingerprint density at radius 1 is 1.00 bits per heavy atom. The second kappa shape index (κ2) is 5.68. The van der Waals surface area contributed by atoms with Crippen molar-refractivity contribution in [1.82, 2.24) is 0 Å². The SMILES string of the molecule is CC(C)(C)C(=O)Nc1cc(Cl)cc(-c2ccccc2)c1. The number of carbonyl (C=O) groups excluding carboxylic acids is 1. The van der Waals surface area contributed by atoms with Gasteiger partial charge in [-0.25, -0.2) is 0 Å². The van der Waals surface area contributed by atoms with Crippen molar-refractivity contribution >= 4 is 23.2 Å². The Kier molecular flexibility index (Phi) is 4.15. The maximum atomic E-state index is 12.0. The molecule has 0 atom stereocenters. The summed E-state index contributed by atoms with van der Waals surface area (Å²) in [6, 6.07) is 15.5. The van der Waals surface area contributed by atoms with Crippen LogP contribution < -0.4 is 5.32 Å². The summed E-state index contributed by atoms with van der Waals surface area (Å²) in [5.41, 5.74) is 2.34. The van der Waals surface area contributed by atoms with Crippen LogP contribution in [0.5, 0.6) is 0 Å². The molecule has 20 heavy (non-hydrogen) atoms. The van der Waals surface area contributed by atoms with Gasteiger partial charge in [0.05, 0.1) is 0 Å². The molecule has 0 spiro atoms. The third-order valence-corrected chi connectivity index (χ3v) is 3.16. The second-order valence-corrected chi connectivity index (χ2v) is 6.24. The molecular weight excluding hydrogens is 270 g/mol. The summed E-state index contributed by atoms with van der Waals surface area (Å²) in [6.07, 6.45) is 0. The number of amides is 1. The second-order valence-electron chi connectivity index (χ2n) is 5.80. The van der Waals surface area contributed by atoms with Crippen LogP contribution in [0.15, 0.2) is 48.5 Å². The molecule has 0 fully saturated rings. The first-order valence-electron chi connectivity index (χ1n) is 6.54. The van der Waals surface area contributed by atoms with Crippen LogP contribution in [0.1, 0.15) is 20.8 Å². The Morgan fingerprint density at radius 2 is 1.65 bits per heavy atom. The molecule has 3 heteroatoms. The van der Waals surface area contributed by atoms with Crippen molar-refractivity contribution in [3.8, 4) is 11.1 Å². The molecule has 2 rings (SSSR count). The monoisotopic (exact) mass is 287 g/mol. The lowest BCUT2D eigenvalue weighted by Crippen LogP contribution is -2.27. The van der Waals surface area contributed by atoms with Crippen molar-refractivity contribution < 1.29 is 4.79 Å². The molecular formula is C17H18ClNO. The molecule has 2 aromatic rings. The van der Waals surface area contributed by atoms with Crippen molar-refractivity contribution in [3.63, 3.8) is 0 Å². The van der Waals surface area contributed by atoms with Crippen molar-refractivity contribution in [2.45, 2.75) is 20.8 Å². The van der Waals surface area contributed by atoms with E-state index in [0.717, 1.165) is 16.8 Å². The Bertz CT molecular complexity index is 615. The molecule has 0 heterocycles. The average Bonchev–Trinajstić information content (AvgIpc) is 2.38. The van der Waals surface area contributed by atoms with Crippen LogP contribution in [0.2, 0.25) is 5.02 Å². The number of benzene rings is 2. The number of carbonyl (C=O) groups is 1. The van der Waals surface area contributed by atoms with Crippen molar-refractivity contribution in [2.75, 3.05) is 5.32 Å². The van der Waals surface area contributed by atoms with Crippen LogP contribution in [-0.2, 0) is 4.79 Å². The van der Waals surface area contributed by atoms with E-state index in [1.54, 1.807) is 6.07 Å². The molecule has 0 aromatic heterocycles. The zero-order valence-corrected chi connectivity index (χ0v) is 12.7. The lowest BCUT2D eigenvalue weighted by Gasteiger charge is -2.18. The summed E-state index contributed by atoms with van der Waals surface area (Å²) in [5, 5.41) is 3.52. The number of anilines is 1. The Morgan fingerprint density at radius 3 is 2.25 bits per heavy atom. The normalized spacial score (nSPS) is 11.2. The van der Waals surface area contributed by atoms with Crippen LogP contribution in [0.25, 0.3) is 11.1 Å². The average molecular weight is 288 g/mol. The fourth-order valence-electron chi connectivity index (χ4n) is 1.78. The van der Waals surface area contributed by atoms with Gasteiger partial charge >= 0.3 is 0 Å². The van der Waals surface area contributed by atoms with Crippen LogP contribution in [0, 0.1) is 5.41 Å². The lowest BCUT2D eigenvalue weighted by molar-refractivity contribution is -0.123. The largest absolute Gasteiger partial charge is 0.326 e. The standard InChI is InChI=1S/C17H18ClNO/c1-17(2,3)16(20)19-15-10-13(9-14(18)11-15)12-7-5-4-6-8-12/h4-11H,1-3H3,(H,19,20). The molecule has 2 aromatic carbocycles. The molecule has 0 saturated carbocycles. The van der Waals surface area contributed by atoms with Crippen LogP contribution in [0.4, 0.5) is 5.69 Å². The predicted molar refractivity (Wildman–Crippen MR) is 85.0 cm³/mol. The van der Waals surface area contributed by atoms with Gasteiger partial charge in [-0.2, -0.15) is 0 Å². The van der Waals surface area contributed by atoms with E-state index < -0.39 is 5.41 Å². The topological polar surface area (TPSA) is 29.1 Å². The smallest absolute Gasteiger partial charge is 0.229 e. The summed E-state index contributed by atoms with van der Waals surface area (Å²) in [5.74, 6) is -0.0289. The summed E-state index contributed by atoms with van der Waals surface area (Å²) in [4.78, 5) is 12.0.